The number of hydrogen-bond donors (Lipinski definition) is 2. The summed E-state index contributed by atoms with van der Waals surface area (Å²) in [4.78, 5) is 11.1. The maximum Gasteiger partial charge on any atom is 0.257 e. The van der Waals surface area contributed by atoms with Gasteiger partial charge in [0.05, 0.1) is 5.60 Å². The number of hydrogen-bond acceptors (Lipinski definition) is 4. The zero-order chi connectivity index (χ0) is 15.0. The summed E-state index contributed by atoms with van der Waals surface area (Å²) in [7, 11) is 3.30. The van der Waals surface area contributed by atoms with E-state index in [1.807, 2.05) is 24.3 Å². The minimum Gasteiger partial charge on any atom is -0.484 e. The van der Waals surface area contributed by atoms with Gasteiger partial charge in [0.1, 0.15) is 5.75 Å². The van der Waals surface area contributed by atoms with Crippen LogP contribution in [0.5, 0.6) is 5.75 Å². The van der Waals surface area contributed by atoms with Gasteiger partial charge in [-0.2, -0.15) is 0 Å². The van der Waals surface area contributed by atoms with E-state index >= 15 is 0 Å². The molecule has 0 heterocycles. The van der Waals surface area contributed by atoms with Gasteiger partial charge in [0, 0.05) is 32.5 Å². The minimum absolute atomic E-state index is 0.0245. The van der Waals surface area contributed by atoms with E-state index in [2.05, 4.69) is 24.5 Å². The molecule has 0 aliphatic rings. The van der Waals surface area contributed by atoms with Gasteiger partial charge in [0.25, 0.3) is 5.91 Å². The Labute approximate surface area is 120 Å². The average molecular weight is 280 g/mol. The number of anilines is 1. The van der Waals surface area contributed by atoms with Gasteiger partial charge >= 0.3 is 0 Å². The monoisotopic (exact) mass is 280 g/mol. The highest BCUT2D eigenvalue weighted by Crippen LogP contribution is 2.18. The number of likely N-dealkylation sites (N-methyl/N-ethyl adjacent to an activating group) is 1. The first kappa shape index (κ1) is 16.3. The first-order chi connectivity index (χ1) is 9.46. The van der Waals surface area contributed by atoms with Crippen LogP contribution in [0.1, 0.15) is 20.3 Å². The number of benzene rings is 1. The Bertz CT molecular complexity index is 433. The van der Waals surface area contributed by atoms with Crippen molar-refractivity contribution in [2.45, 2.75) is 25.9 Å². The molecule has 0 fully saturated rings. The summed E-state index contributed by atoms with van der Waals surface area (Å²) in [6.45, 7) is 4.94. The standard InChI is InChI=1S/C15H24N2O3/c1-15(2,19-4)8-9-17-12-6-5-7-13(10-12)20-11-14(18)16-3/h5-7,10,17H,8-9,11H2,1-4H3,(H,16,18). The molecule has 1 amide bonds. The van der Waals surface area contributed by atoms with Gasteiger partial charge < -0.3 is 20.1 Å². The van der Waals surface area contributed by atoms with Gasteiger partial charge in [-0.25, -0.2) is 0 Å². The fourth-order valence-electron chi connectivity index (χ4n) is 1.53. The second-order valence-corrected chi connectivity index (χ2v) is 5.13. The summed E-state index contributed by atoms with van der Waals surface area (Å²) in [6, 6.07) is 7.56. The van der Waals surface area contributed by atoms with Gasteiger partial charge in [0.15, 0.2) is 6.61 Å². The molecule has 1 aromatic rings. The molecule has 0 saturated heterocycles. The van der Waals surface area contributed by atoms with E-state index in [0.29, 0.717) is 5.75 Å². The van der Waals surface area contributed by atoms with E-state index in [1.54, 1.807) is 14.2 Å². The van der Waals surface area contributed by atoms with Crippen LogP contribution < -0.4 is 15.4 Å². The van der Waals surface area contributed by atoms with Gasteiger partial charge in [-0.15, -0.1) is 0 Å². The number of carbonyl (C=O) groups is 1. The topological polar surface area (TPSA) is 59.6 Å². The summed E-state index contributed by atoms with van der Waals surface area (Å²) >= 11 is 0. The lowest BCUT2D eigenvalue weighted by atomic mass is 10.1. The van der Waals surface area contributed by atoms with E-state index in [-0.39, 0.29) is 18.1 Å². The molecule has 0 saturated carbocycles. The number of amides is 1. The van der Waals surface area contributed by atoms with Crippen LogP contribution in [0, 0.1) is 0 Å². The predicted molar refractivity (Wildman–Crippen MR) is 80.2 cm³/mol. The number of ether oxygens (including phenoxy) is 2. The molecule has 5 nitrogen and oxygen atoms in total. The van der Waals surface area contributed by atoms with Crippen LogP contribution in [-0.4, -0.2) is 38.8 Å². The van der Waals surface area contributed by atoms with Crippen LogP contribution in [0.15, 0.2) is 24.3 Å². The van der Waals surface area contributed by atoms with Crippen molar-refractivity contribution < 1.29 is 14.3 Å². The van der Waals surface area contributed by atoms with Crippen molar-refractivity contribution in [1.82, 2.24) is 5.32 Å². The van der Waals surface area contributed by atoms with Gasteiger partial charge in [0.2, 0.25) is 0 Å². The van der Waals surface area contributed by atoms with Crippen LogP contribution >= 0.6 is 0 Å². The highest BCUT2D eigenvalue weighted by Gasteiger charge is 2.15. The van der Waals surface area contributed by atoms with Crippen molar-refractivity contribution in [3.05, 3.63) is 24.3 Å². The van der Waals surface area contributed by atoms with Crippen LogP contribution in [0.25, 0.3) is 0 Å². The Morgan fingerprint density at radius 2 is 2.10 bits per heavy atom. The summed E-state index contributed by atoms with van der Waals surface area (Å²) in [6.07, 6.45) is 0.896. The highest BCUT2D eigenvalue weighted by atomic mass is 16.5. The third kappa shape index (κ3) is 5.93. The Balaban J connectivity index is 2.45. The SMILES string of the molecule is CNC(=O)COc1cccc(NCCC(C)(C)OC)c1. The van der Waals surface area contributed by atoms with Crippen molar-refractivity contribution in [2.75, 3.05) is 32.6 Å². The van der Waals surface area contributed by atoms with Gasteiger partial charge in [-0.3, -0.25) is 4.79 Å². The second kappa shape index (κ2) is 7.75. The maximum absolute atomic E-state index is 11.1. The molecule has 0 atom stereocenters. The van der Waals surface area contributed by atoms with Crippen molar-refractivity contribution in [2.24, 2.45) is 0 Å². The van der Waals surface area contributed by atoms with Crippen molar-refractivity contribution in [3.8, 4) is 5.75 Å². The molecular weight excluding hydrogens is 256 g/mol. The first-order valence-corrected chi connectivity index (χ1v) is 6.69. The van der Waals surface area contributed by atoms with Crippen LogP contribution in [-0.2, 0) is 9.53 Å². The zero-order valence-electron chi connectivity index (χ0n) is 12.7. The molecular formula is C15H24N2O3. The van der Waals surface area contributed by atoms with E-state index < -0.39 is 0 Å². The molecule has 112 valence electrons. The van der Waals surface area contributed by atoms with Gasteiger partial charge in [-0.05, 0) is 32.4 Å². The Morgan fingerprint density at radius 3 is 2.75 bits per heavy atom. The quantitative estimate of drug-likeness (QED) is 0.765. The molecule has 0 aliphatic heterocycles. The summed E-state index contributed by atoms with van der Waals surface area (Å²) in [5.74, 6) is 0.523. The first-order valence-electron chi connectivity index (χ1n) is 6.69. The predicted octanol–water partition coefficient (Wildman–Crippen LogP) is 2.04. The Morgan fingerprint density at radius 1 is 1.35 bits per heavy atom. The molecule has 0 aromatic heterocycles. The molecule has 5 heteroatoms. The second-order valence-electron chi connectivity index (χ2n) is 5.13. The molecule has 20 heavy (non-hydrogen) atoms. The van der Waals surface area contributed by atoms with Crippen molar-refractivity contribution >= 4 is 11.6 Å². The Kier molecular flexibility index (Phi) is 6.31. The van der Waals surface area contributed by atoms with E-state index in [1.165, 1.54) is 0 Å². The molecule has 1 aromatic carbocycles. The lowest BCUT2D eigenvalue weighted by molar-refractivity contribution is -0.122. The molecule has 0 unspecified atom stereocenters. The number of nitrogens with one attached hydrogen (secondary N) is 2. The molecule has 1 rings (SSSR count). The summed E-state index contributed by atoms with van der Waals surface area (Å²) in [5, 5.41) is 5.83. The highest BCUT2D eigenvalue weighted by molar-refractivity contribution is 5.77. The zero-order valence-corrected chi connectivity index (χ0v) is 12.7. The number of methoxy groups -OCH3 is 1. The summed E-state index contributed by atoms with van der Waals surface area (Å²) in [5.41, 5.74) is 0.826. The normalized spacial score (nSPS) is 11.0. The van der Waals surface area contributed by atoms with E-state index in [4.69, 9.17) is 9.47 Å². The van der Waals surface area contributed by atoms with Crippen LogP contribution in [0.4, 0.5) is 5.69 Å². The molecule has 0 spiro atoms. The fourth-order valence-corrected chi connectivity index (χ4v) is 1.53. The lowest BCUT2D eigenvalue weighted by Crippen LogP contribution is -2.25. The lowest BCUT2D eigenvalue weighted by Gasteiger charge is -2.23. The molecule has 0 bridgehead atoms. The third-order valence-corrected chi connectivity index (χ3v) is 3.09. The molecule has 2 N–H and O–H groups in total. The number of carbonyl (C=O) groups excluding carboxylic acids is 1. The van der Waals surface area contributed by atoms with Crippen LogP contribution in [0.3, 0.4) is 0 Å². The van der Waals surface area contributed by atoms with Gasteiger partial charge in [-0.1, -0.05) is 6.07 Å². The van der Waals surface area contributed by atoms with Crippen molar-refractivity contribution in [1.29, 1.82) is 0 Å². The van der Waals surface area contributed by atoms with Crippen LogP contribution in [0.2, 0.25) is 0 Å². The molecule has 0 radical (unpaired) electrons. The Hall–Kier alpha value is -1.75. The third-order valence-electron chi connectivity index (χ3n) is 3.09. The minimum atomic E-state index is -0.148. The largest absolute Gasteiger partial charge is 0.484 e. The number of rotatable bonds is 8. The fraction of sp³-hybridized carbons (Fsp3) is 0.533. The smallest absolute Gasteiger partial charge is 0.257 e. The van der Waals surface area contributed by atoms with E-state index in [9.17, 15) is 4.79 Å². The molecule has 0 aliphatic carbocycles. The van der Waals surface area contributed by atoms with Crippen molar-refractivity contribution in [3.63, 3.8) is 0 Å². The average Bonchev–Trinajstić information content (AvgIpc) is 2.45. The summed E-state index contributed by atoms with van der Waals surface area (Å²) < 4.78 is 10.8. The maximum atomic E-state index is 11.1. The van der Waals surface area contributed by atoms with E-state index in [0.717, 1.165) is 18.7 Å².